The molecule has 0 atom stereocenters. The number of aryl methyl sites for hydroxylation is 1. The van der Waals surface area contributed by atoms with Crippen LogP contribution in [0, 0.1) is 6.92 Å². The topological polar surface area (TPSA) is 55.8 Å². The molecular weight excluding hydrogens is 280 g/mol. The number of benzene rings is 2. The smallest absolute Gasteiger partial charge is 0.348 e. The van der Waals surface area contributed by atoms with Crippen molar-refractivity contribution >= 4 is 5.97 Å². The van der Waals surface area contributed by atoms with Crippen LogP contribution in [-0.4, -0.2) is 16.7 Å². The van der Waals surface area contributed by atoms with Gasteiger partial charge in [0, 0.05) is 12.8 Å². The third-order valence-electron chi connectivity index (χ3n) is 3.74. The molecule has 0 unspecified atom stereocenters. The van der Waals surface area contributed by atoms with Gasteiger partial charge < -0.3 is 14.6 Å². The fraction of sp³-hybridized carbons (Fsp3) is 0.278. The zero-order valence-electron chi connectivity index (χ0n) is 12.4. The molecule has 2 aromatic carbocycles. The second-order valence-corrected chi connectivity index (χ2v) is 5.63. The second kappa shape index (κ2) is 5.72. The normalized spacial score (nSPS) is 15.1. The summed E-state index contributed by atoms with van der Waals surface area (Å²) in [5, 5.41) is 9.27. The van der Waals surface area contributed by atoms with Crippen LogP contribution < -0.4 is 9.47 Å². The lowest BCUT2D eigenvalue weighted by atomic mass is 10.2. The quantitative estimate of drug-likeness (QED) is 0.885. The van der Waals surface area contributed by atoms with Crippen molar-refractivity contribution in [3.8, 4) is 11.5 Å². The summed E-state index contributed by atoms with van der Waals surface area (Å²) in [7, 11) is 0. The molecule has 0 radical (unpaired) electrons. The molecule has 1 saturated carbocycles. The van der Waals surface area contributed by atoms with Crippen LogP contribution in [0.3, 0.4) is 0 Å². The van der Waals surface area contributed by atoms with Crippen LogP contribution >= 0.6 is 0 Å². The molecule has 1 fully saturated rings. The van der Waals surface area contributed by atoms with Crippen molar-refractivity contribution in [2.45, 2.75) is 32.0 Å². The van der Waals surface area contributed by atoms with E-state index in [0.29, 0.717) is 30.9 Å². The zero-order valence-corrected chi connectivity index (χ0v) is 12.4. The van der Waals surface area contributed by atoms with Crippen LogP contribution in [-0.2, 0) is 11.4 Å². The maximum atomic E-state index is 11.3. The number of hydrogen-bond donors (Lipinski definition) is 1. The van der Waals surface area contributed by atoms with Crippen LogP contribution in [0.2, 0.25) is 0 Å². The highest BCUT2D eigenvalue weighted by atomic mass is 16.6. The average Bonchev–Trinajstić information content (AvgIpc) is 3.28. The van der Waals surface area contributed by atoms with Crippen molar-refractivity contribution in [1.82, 2.24) is 0 Å². The van der Waals surface area contributed by atoms with Gasteiger partial charge in [-0.05, 0) is 30.2 Å². The molecule has 4 heteroatoms. The van der Waals surface area contributed by atoms with Gasteiger partial charge in [0.25, 0.3) is 0 Å². The maximum Gasteiger partial charge on any atom is 0.348 e. The number of ether oxygens (including phenoxy) is 2. The molecule has 114 valence electrons. The molecule has 0 amide bonds. The lowest BCUT2D eigenvalue weighted by molar-refractivity contribution is -0.147. The fourth-order valence-corrected chi connectivity index (χ4v) is 2.23. The Kier molecular flexibility index (Phi) is 3.75. The van der Waals surface area contributed by atoms with E-state index < -0.39 is 11.6 Å². The van der Waals surface area contributed by atoms with E-state index in [4.69, 9.17) is 9.47 Å². The van der Waals surface area contributed by atoms with Gasteiger partial charge in [-0.15, -0.1) is 0 Å². The molecule has 2 aromatic rings. The highest BCUT2D eigenvalue weighted by molar-refractivity contribution is 5.81. The highest BCUT2D eigenvalue weighted by Gasteiger charge is 2.53. The van der Waals surface area contributed by atoms with Gasteiger partial charge in [0.1, 0.15) is 6.61 Å². The number of carbonyl (C=O) groups is 1. The zero-order chi connectivity index (χ0) is 15.6. The standard InChI is InChI=1S/C18H18O4/c1-13-7-8-15(21-12-14-5-3-2-4-6-14)16(11-13)22-18(9-10-18)17(19)20/h2-8,11H,9-10,12H2,1H3,(H,19,20). The van der Waals surface area contributed by atoms with Gasteiger partial charge in [-0.3, -0.25) is 0 Å². The van der Waals surface area contributed by atoms with Crippen molar-refractivity contribution in [2.75, 3.05) is 0 Å². The van der Waals surface area contributed by atoms with Crippen LogP contribution in [0.25, 0.3) is 0 Å². The first-order valence-corrected chi connectivity index (χ1v) is 7.29. The molecule has 3 rings (SSSR count). The van der Waals surface area contributed by atoms with Gasteiger partial charge in [-0.25, -0.2) is 4.79 Å². The van der Waals surface area contributed by atoms with Gasteiger partial charge in [0.05, 0.1) is 0 Å². The van der Waals surface area contributed by atoms with E-state index in [0.717, 1.165) is 11.1 Å². The van der Waals surface area contributed by atoms with Crippen molar-refractivity contribution in [3.63, 3.8) is 0 Å². The predicted molar refractivity (Wildman–Crippen MR) is 82.2 cm³/mol. The summed E-state index contributed by atoms with van der Waals surface area (Å²) in [5.74, 6) is 0.154. The van der Waals surface area contributed by atoms with Crippen LogP contribution in [0.4, 0.5) is 0 Å². The van der Waals surface area contributed by atoms with E-state index in [1.165, 1.54) is 0 Å². The van der Waals surface area contributed by atoms with Crippen molar-refractivity contribution < 1.29 is 19.4 Å². The Morgan fingerprint density at radius 3 is 2.50 bits per heavy atom. The summed E-state index contributed by atoms with van der Waals surface area (Å²) in [6, 6.07) is 15.4. The predicted octanol–water partition coefficient (Wildman–Crippen LogP) is 3.57. The molecule has 0 aliphatic heterocycles. The van der Waals surface area contributed by atoms with Crippen molar-refractivity contribution in [2.24, 2.45) is 0 Å². The molecule has 0 bridgehead atoms. The second-order valence-electron chi connectivity index (χ2n) is 5.63. The van der Waals surface area contributed by atoms with E-state index in [1.54, 1.807) is 0 Å². The molecule has 22 heavy (non-hydrogen) atoms. The van der Waals surface area contributed by atoms with Gasteiger partial charge in [-0.1, -0.05) is 36.4 Å². The molecule has 0 heterocycles. The highest BCUT2D eigenvalue weighted by Crippen LogP contribution is 2.43. The van der Waals surface area contributed by atoms with Gasteiger partial charge in [0.2, 0.25) is 5.60 Å². The van der Waals surface area contributed by atoms with E-state index >= 15 is 0 Å². The number of aliphatic carboxylic acids is 1. The van der Waals surface area contributed by atoms with Crippen LogP contribution in [0.5, 0.6) is 11.5 Å². The molecular formula is C18H18O4. The van der Waals surface area contributed by atoms with Gasteiger partial charge in [-0.2, -0.15) is 0 Å². The van der Waals surface area contributed by atoms with E-state index in [-0.39, 0.29) is 0 Å². The van der Waals surface area contributed by atoms with E-state index in [9.17, 15) is 9.90 Å². The first kappa shape index (κ1) is 14.4. The number of carboxylic acid groups (broad SMARTS) is 1. The number of rotatable bonds is 6. The minimum Gasteiger partial charge on any atom is -0.485 e. The Morgan fingerprint density at radius 2 is 1.86 bits per heavy atom. The molecule has 4 nitrogen and oxygen atoms in total. The van der Waals surface area contributed by atoms with Crippen LogP contribution in [0.1, 0.15) is 24.0 Å². The molecule has 0 saturated heterocycles. The van der Waals surface area contributed by atoms with Gasteiger partial charge >= 0.3 is 5.97 Å². The fourth-order valence-electron chi connectivity index (χ4n) is 2.23. The summed E-state index contributed by atoms with van der Waals surface area (Å²) in [4.78, 5) is 11.3. The van der Waals surface area contributed by atoms with Crippen LogP contribution in [0.15, 0.2) is 48.5 Å². The van der Waals surface area contributed by atoms with Crippen molar-refractivity contribution in [3.05, 3.63) is 59.7 Å². The minimum atomic E-state index is -1.07. The summed E-state index contributed by atoms with van der Waals surface area (Å²) in [6.45, 7) is 2.36. The Hall–Kier alpha value is -2.49. The summed E-state index contributed by atoms with van der Waals surface area (Å²) < 4.78 is 11.6. The van der Waals surface area contributed by atoms with Gasteiger partial charge in [0.15, 0.2) is 11.5 Å². The monoisotopic (exact) mass is 298 g/mol. The lowest BCUT2D eigenvalue weighted by Gasteiger charge is -2.17. The Balaban J connectivity index is 1.77. The Bertz CT molecular complexity index is 675. The maximum absolute atomic E-state index is 11.3. The summed E-state index contributed by atoms with van der Waals surface area (Å²) in [6.07, 6.45) is 1.07. The van der Waals surface area contributed by atoms with E-state index in [1.807, 2.05) is 55.5 Å². The molecule has 1 aliphatic rings. The molecule has 0 aromatic heterocycles. The molecule has 1 N–H and O–H groups in total. The SMILES string of the molecule is Cc1ccc(OCc2ccccc2)c(OC2(C(=O)O)CC2)c1. The summed E-state index contributed by atoms with van der Waals surface area (Å²) >= 11 is 0. The number of carboxylic acids is 1. The largest absolute Gasteiger partial charge is 0.485 e. The summed E-state index contributed by atoms with van der Waals surface area (Å²) in [5.41, 5.74) is 0.982. The Labute approximate surface area is 129 Å². The minimum absolute atomic E-state index is 0.417. The van der Waals surface area contributed by atoms with Crippen molar-refractivity contribution in [1.29, 1.82) is 0 Å². The first-order chi connectivity index (χ1) is 10.6. The Morgan fingerprint density at radius 1 is 1.14 bits per heavy atom. The third kappa shape index (κ3) is 3.06. The van der Waals surface area contributed by atoms with E-state index in [2.05, 4.69) is 0 Å². The lowest BCUT2D eigenvalue weighted by Crippen LogP contribution is -2.29. The average molecular weight is 298 g/mol. The molecule has 0 spiro atoms. The molecule has 1 aliphatic carbocycles. The number of hydrogen-bond acceptors (Lipinski definition) is 3. The first-order valence-electron chi connectivity index (χ1n) is 7.29. The third-order valence-corrected chi connectivity index (χ3v) is 3.74.